The van der Waals surface area contributed by atoms with Gasteiger partial charge in [0.1, 0.15) is 17.8 Å². The van der Waals surface area contributed by atoms with E-state index in [-0.39, 0.29) is 29.5 Å². The predicted molar refractivity (Wildman–Crippen MR) is 105 cm³/mol. The molecule has 0 unspecified atom stereocenters. The van der Waals surface area contributed by atoms with Crippen LogP contribution in [0.25, 0.3) is 11.4 Å². The minimum Gasteiger partial charge on any atom is -0.508 e. The SMILES string of the molecule is CC(C)(C)C1CCC2(CC1)NC(=O)N(Cc1nc(-c3ccc(O)cc3)no1)C2=O. The Labute approximate surface area is 169 Å². The summed E-state index contributed by atoms with van der Waals surface area (Å²) in [6.07, 6.45) is 3.13. The van der Waals surface area contributed by atoms with Crippen LogP contribution in [0.15, 0.2) is 28.8 Å². The number of phenolic OH excluding ortho intramolecular Hbond substituents is 1. The lowest BCUT2D eigenvalue weighted by atomic mass is 9.67. The fraction of sp³-hybridized carbons (Fsp3) is 0.524. The Kier molecular flexibility index (Phi) is 4.59. The van der Waals surface area contributed by atoms with Crippen molar-refractivity contribution >= 4 is 11.9 Å². The van der Waals surface area contributed by atoms with Gasteiger partial charge in [-0.25, -0.2) is 4.79 Å². The van der Waals surface area contributed by atoms with Gasteiger partial charge in [0, 0.05) is 5.56 Å². The number of rotatable bonds is 3. The second-order valence-electron chi connectivity index (χ2n) is 9.10. The third-order valence-electron chi connectivity index (χ3n) is 6.20. The average Bonchev–Trinajstić information content (AvgIpc) is 3.22. The summed E-state index contributed by atoms with van der Waals surface area (Å²) in [5, 5.41) is 16.2. The topological polar surface area (TPSA) is 109 Å². The van der Waals surface area contributed by atoms with Crippen molar-refractivity contribution in [2.45, 2.75) is 58.5 Å². The fourth-order valence-corrected chi connectivity index (χ4v) is 4.32. The van der Waals surface area contributed by atoms with E-state index in [1.54, 1.807) is 12.1 Å². The maximum atomic E-state index is 13.1. The Bertz CT molecular complexity index is 921. The number of aromatic hydroxyl groups is 1. The third-order valence-corrected chi connectivity index (χ3v) is 6.20. The summed E-state index contributed by atoms with van der Waals surface area (Å²) in [6, 6.07) is 5.98. The first-order valence-electron chi connectivity index (χ1n) is 9.94. The van der Waals surface area contributed by atoms with E-state index < -0.39 is 11.6 Å². The number of urea groups is 1. The summed E-state index contributed by atoms with van der Waals surface area (Å²) < 4.78 is 5.25. The zero-order chi connectivity index (χ0) is 20.8. The number of nitrogens with zero attached hydrogens (tertiary/aromatic N) is 3. The standard InChI is InChI=1S/C21H26N4O4/c1-20(2,3)14-8-10-21(11-9-14)18(27)25(19(28)23-21)12-16-22-17(24-29-16)13-4-6-15(26)7-5-13/h4-7,14,26H,8-12H2,1-3H3,(H,23,28). The van der Waals surface area contributed by atoms with Crippen LogP contribution in [0, 0.1) is 11.3 Å². The van der Waals surface area contributed by atoms with E-state index in [1.165, 1.54) is 17.0 Å². The summed E-state index contributed by atoms with van der Waals surface area (Å²) in [6.45, 7) is 6.61. The van der Waals surface area contributed by atoms with Crippen LogP contribution in [0.2, 0.25) is 0 Å². The van der Waals surface area contributed by atoms with E-state index >= 15 is 0 Å². The first-order valence-corrected chi connectivity index (χ1v) is 9.94. The molecular formula is C21H26N4O4. The molecule has 4 rings (SSSR count). The van der Waals surface area contributed by atoms with Crippen LogP contribution in [-0.2, 0) is 11.3 Å². The van der Waals surface area contributed by atoms with Crippen LogP contribution in [0.4, 0.5) is 4.79 Å². The van der Waals surface area contributed by atoms with E-state index in [0.717, 1.165) is 12.8 Å². The van der Waals surface area contributed by atoms with Crippen molar-refractivity contribution in [3.05, 3.63) is 30.2 Å². The first-order chi connectivity index (χ1) is 13.7. The molecule has 8 heteroatoms. The average molecular weight is 398 g/mol. The Morgan fingerprint density at radius 3 is 2.48 bits per heavy atom. The zero-order valence-corrected chi connectivity index (χ0v) is 16.9. The van der Waals surface area contributed by atoms with Crippen molar-refractivity contribution in [3.8, 4) is 17.1 Å². The number of carbonyl (C=O) groups excluding carboxylic acids is 2. The molecule has 1 spiro atoms. The lowest BCUT2D eigenvalue weighted by Gasteiger charge is -2.40. The number of benzene rings is 1. The molecule has 3 amide bonds. The van der Waals surface area contributed by atoms with E-state index in [4.69, 9.17) is 4.52 Å². The van der Waals surface area contributed by atoms with Gasteiger partial charge in [-0.1, -0.05) is 25.9 Å². The van der Waals surface area contributed by atoms with Crippen LogP contribution >= 0.6 is 0 Å². The molecule has 0 atom stereocenters. The highest BCUT2D eigenvalue weighted by atomic mass is 16.5. The molecule has 2 fully saturated rings. The molecular weight excluding hydrogens is 372 g/mol. The van der Waals surface area contributed by atoms with Crippen molar-refractivity contribution in [1.29, 1.82) is 0 Å². The zero-order valence-electron chi connectivity index (χ0n) is 16.9. The quantitative estimate of drug-likeness (QED) is 0.767. The molecule has 2 aliphatic rings. The Balaban J connectivity index is 1.46. The lowest BCUT2D eigenvalue weighted by molar-refractivity contribution is -0.133. The van der Waals surface area contributed by atoms with E-state index in [2.05, 4.69) is 36.2 Å². The monoisotopic (exact) mass is 398 g/mol. The van der Waals surface area contributed by atoms with Crippen LogP contribution < -0.4 is 5.32 Å². The maximum Gasteiger partial charge on any atom is 0.325 e. The highest BCUT2D eigenvalue weighted by Crippen LogP contribution is 2.43. The molecule has 1 aromatic heterocycles. The van der Waals surface area contributed by atoms with Gasteiger partial charge in [0.05, 0.1) is 0 Å². The Morgan fingerprint density at radius 1 is 1.21 bits per heavy atom. The van der Waals surface area contributed by atoms with Gasteiger partial charge in [-0.05, 0) is 61.3 Å². The number of nitrogens with one attached hydrogen (secondary N) is 1. The minimum atomic E-state index is -0.807. The van der Waals surface area contributed by atoms with Gasteiger partial charge in [-0.2, -0.15) is 4.98 Å². The summed E-state index contributed by atoms with van der Waals surface area (Å²) in [7, 11) is 0. The normalized spacial score (nSPS) is 24.9. The summed E-state index contributed by atoms with van der Waals surface area (Å²) >= 11 is 0. The molecule has 1 saturated heterocycles. The van der Waals surface area contributed by atoms with Crippen LogP contribution in [0.5, 0.6) is 5.75 Å². The number of imide groups is 1. The van der Waals surface area contributed by atoms with E-state index in [9.17, 15) is 14.7 Å². The molecule has 2 N–H and O–H groups in total. The third kappa shape index (κ3) is 3.59. The first kappa shape index (κ1) is 19.4. The molecule has 2 aromatic rings. The molecule has 1 aromatic carbocycles. The molecule has 1 aliphatic carbocycles. The van der Waals surface area contributed by atoms with E-state index in [1.807, 2.05) is 0 Å². The van der Waals surface area contributed by atoms with E-state index in [0.29, 0.717) is 30.1 Å². The molecule has 1 aliphatic heterocycles. The fourth-order valence-electron chi connectivity index (χ4n) is 4.32. The highest BCUT2D eigenvalue weighted by molar-refractivity contribution is 6.07. The number of hydrogen-bond donors (Lipinski definition) is 2. The van der Waals surface area contributed by atoms with Gasteiger partial charge in [-0.15, -0.1) is 0 Å². The molecule has 0 radical (unpaired) electrons. The molecule has 1 saturated carbocycles. The molecule has 29 heavy (non-hydrogen) atoms. The van der Waals surface area contributed by atoms with Crippen molar-refractivity contribution in [1.82, 2.24) is 20.4 Å². The largest absolute Gasteiger partial charge is 0.508 e. The Hall–Kier alpha value is -2.90. The van der Waals surface area contributed by atoms with Gasteiger partial charge in [0.15, 0.2) is 0 Å². The van der Waals surface area contributed by atoms with Gasteiger partial charge in [-0.3, -0.25) is 9.69 Å². The van der Waals surface area contributed by atoms with Gasteiger partial charge >= 0.3 is 6.03 Å². The van der Waals surface area contributed by atoms with Crippen LogP contribution in [0.1, 0.15) is 52.3 Å². The maximum absolute atomic E-state index is 13.1. The second kappa shape index (κ2) is 6.86. The summed E-state index contributed by atoms with van der Waals surface area (Å²) in [4.78, 5) is 31.1. The van der Waals surface area contributed by atoms with Gasteiger partial charge in [0.25, 0.3) is 5.91 Å². The van der Waals surface area contributed by atoms with Crippen molar-refractivity contribution < 1.29 is 19.2 Å². The molecule has 8 nitrogen and oxygen atoms in total. The van der Waals surface area contributed by atoms with Gasteiger partial charge < -0.3 is 14.9 Å². The number of amides is 3. The molecule has 154 valence electrons. The van der Waals surface area contributed by atoms with Crippen molar-refractivity contribution in [2.75, 3.05) is 0 Å². The number of hydrogen-bond acceptors (Lipinski definition) is 6. The molecule has 2 heterocycles. The number of aromatic nitrogens is 2. The molecule has 0 bridgehead atoms. The predicted octanol–water partition coefficient (Wildman–Crippen LogP) is 3.47. The van der Waals surface area contributed by atoms with Gasteiger partial charge in [0.2, 0.25) is 11.7 Å². The highest BCUT2D eigenvalue weighted by Gasteiger charge is 2.53. The lowest BCUT2D eigenvalue weighted by Crippen LogP contribution is -2.50. The van der Waals surface area contributed by atoms with Crippen LogP contribution in [0.3, 0.4) is 0 Å². The van der Waals surface area contributed by atoms with Crippen molar-refractivity contribution in [2.24, 2.45) is 11.3 Å². The Morgan fingerprint density at radius 2 is 1.86 bits per heavy atom. The number of phenols is 1. The summed E-state index contributed by atoms with van der Waals surface area (Å²) in [5.41, 5.74) is 0.0620. The van der Waals surface area contributed by atoms with Crippen LogP contribution in [-0.4, -0.2) is 37.6 Å². The minimum absolute atomic E-state index is 0.0554. The smallest absolute Gasteiger partial charge is 0.325 e. The summed E-state index contributed by atoms with van der Waals surface area (Å²) in [5.74, 6) is 1.00. The number of carbonyl (C=O) groups is 2. The van der Waals surface area contributed by atoms with Crippen molar-refractivity contribution in [3.63, 3.8) is 0 Å². The second-order valence-corrected chi connectivity index (χ2v) is 9.10.